The summed E-state index contributed by atoms with van der Waals surface area (Å²) in [6.45, 7) is 0. The van der Waals surface area contributed by atoms with Gasteiger partial charge in [0.2, 0.25) is 0 Å². The van der Waals surface area contributed by atoms with Crippen LogP contribution in [0.25, 0.3) is 0 Å². The van der Waals surface area contributed by atoms with Crippen LogP contribution in [0.3, 0.4) is 0 Å². The number of hydrogen-bond acceptors (Lipinski definition) is 3. The molecule has 1 heterocycles. The van der Waals surface area contributed by atoms with Crippen molar-refractivity contribution in [2.24, 2.45) is 0 Å². The van der Waals surface area contributed by atoms with Gasteiger partial charge in [-0.3, -0.25) is 4.79 Å². The number of rotatable bonds is 1. The second kappa shape index (κ2) is 3.77. The SMILES string of the molecule is N#Cc1cc(N)cn(C2CCCC2)c1=O. The van der Waals surface area contributed by atoms with Gasteiger partial charge in [-0.05, 0) is 18.9 Å². The summed E-state index contributed by atoms with van der Waals surface area (Å²) < 4.78 is 1.63. The molecule has 4 nitrogen and oxygen atoms in total. The molecule has 0 atom stereocenters. The second-order valence-corrected chi connectivity index (χ2v) is 3.95. The Morgan fingerprint density at radius 1 is 1.47 bits per heavy atom. The van der Waals surface area contributed by atoms with Crippen molar-refractivity contribution >= 4 is 5.69 Å². The van der Waals surface area contributed by atoms with Crippen molar-refractivity contribution < 1.29 is 0 Å². The van der Waals surface area contributed by atoms with Crippen LogP contribution in [-0.2, 0) is 0 Å². The Bertz CT molecular complexity index is 464. The summed E-state index contributed by atoms with van der Waals surface area (Å²) in [6, 6.07) is 3.55. The number of pyridine rings is 1. The standard InChI is InChI=1S/C11H13N3O/c12-6-8-5-9(13)7-14(11(8)15)10-3-1-2-4-10/h5,7,10H,1-4,13H2. The molecule has 0 bridgehead atoms. The maximum atomic E-state index is 11.8. The molecule has 1 aliphatic rings. The van der Waals surface area contributed by atoms with Crippen LogP contribution < -0.4 is 11.3 Å². The molecule has 1 aromatic rings. The van der Waals surface area contributed by atoms with Gasteiger partial charge in [-0.2, -0.15) is 5.26 Å². The Morgan fingerprint density at radius 2 is 2.13 bits per heavy atom. The van der Waals surface area contributed by atoms with Gasteiger partial charge in [0.05, 0.1) is 0 Å². The molecule has 0 radical (unpaired) electrons. The normalized spacial score (nSPS) is 16.5. The number of nitrogen functional groups attached to an aromatic ring is 1. The predicted octanol–water partition coefficient (Wildman–Crippen LogP) is 1.42. The molecule has 0 saturated heterocycles. The van der Waals surface area contributed by atoms with Crippen LogP contribution in [0.15, 0.2) is 17.1 Å². The highest BCUT2D eigenvalue weighted by atomic mass is 16.1. The van der Waals surface area contributed by atoms with Gasteiger partial charge in [-0.25, -0.2) is 0 Å². The third-order valence-electron chi connectivity index (χ3n) is 2.90. The molecular weight excluding hydrogens is 190 g/mol. The molecule has 0 unspecified atom stereocenters. The first kappa shape index (κ1) is 9.78. The average molecular weight is 203 g/mol. The van der Waals surface area contributed by atoms with Crippen LogP contribution in [0.2, 0.25) is 0 Å². The fourth-order valence-corrected chi connectivity index (χ4v) is 2.16. The van der Waals surface area contributed by atoms with E-state index in [4.69, 9.17) is 11.0 Å². The Labute approximate surface area is 87.9 Å². The summed E-state index contributed by atoms with van der Waals surface area (Å²) >= 11 is 0. The number of aromatic nitrogens is 1. The topological polar surface area (TPSA) is 71.8 Å². The van der Waals surface area contributed by atoms with Crippen LogP contribution >= 0.6 is 0 Å². The molecule has 15 heavy (non-hydrogen) atoms. The summed E-state index contributed by atoms with van der Waals surface area (Å²) in [5.74, 6) is 0. The molecule has 2 N–H and O–H groups in total. The van der Waals surface area contributed by atoms with Gasteiger partial charge < -0.3 is 10.3 Å². The Kier molecular flexibility index (Phi) is 2.46. The van der Waals surface area contributed by atoms with E-state index in [-0.39, 0.29) is 17.2 Å². The summed E-state index contributed by atoms with van der Waals surface area (Å²) in [5, 5.41) is 8.79. The molecular formula is C11H13N3O. The van der Waals surface area contributed by atoms with E-state index in [9.17, 15) is 4.79 Å². The molecule has 0 aromatic carbocycles. The van der Waals surface area contributed by atoms with E-state index < -0.39 is 0 Å². The molecule has 78 valence electrons. The monoisotopic (exact) mass is 203 g/mol. The lowest BCUT2D eigenvalue weighted by Gasteiger charge is -2.14. The van der Waals surface area contributed by atoms with Crippen molar-refractivity contribution in [2.75, 3.05) is 5.73 Å². The van der Waals surface area contributed by atoms with Gasteiger partial charge in [0.25, 0.3) is 5.56 Å². The smallest absolute Gasteiger partial charge is 0.268 e. The van der Waals surface area contributed by atoms with Crippen molar-refractivity contribution in [3.8, 4) is 6.07 Å². The van der Waals surface area contributed by atoms with Crippen molar-refractivity contribution in [2.45, 2.75) is 31.7 Å². The molecule has 0 aliphatic heterocycles. The third-order valence-corrected chi connectivity index (χ3v) is 2.90. The number of anilines is 1. The lowest BCUT2D eigenvalue weighted by atomic mass is 10.2. The predicted molar refractivity (Wildman–Crippen MR) is 57.3 cm³/mol. The zero-order valence-electron chi connectivity index (χ0n) is 8.44. The first-order valence-electron chi connectivity index (χ1n) is 5.14. The summed E-state index contributed by atoms with van der Waals surface area (Å²) in [7, 11) is 0. The quantitative estimate of drug-likeness (QED) is 0.750. The Hall–Kier alpha value is -1.76. The van der Waals surface area contributed by atoms with Gasteiger partial charge >= 0.3 is 0 Å². The van der Waals surface area contributed by atoms with Crippen LogP contribution in [0.4, 0.5) is 5.69 Å². The minimum Gasteiger partial charge on any atom is -0.398 e. The highest BCUT2D eigenvalue weighted by Gasteiger charge is 2.19. The highest BCUT2D eigenvalue weighted by molar-refractivity contribution is 5.42. The maximum absolute atomic E-state index is 11.8. The van der Waals surface area contributed by atoms with Gasteiger partial charge in [0, 0.05) is 17.9 Å². The summed E-state index contributed by atoms with van der Waals surface area (Å²) in [4.78, 5) is 11.8. The van der Waals surface area contributed by atoms with Crippen LogP contribution in [0.1, 0.15) is 37.3 Å². The number of nitriles is 1. The summed E-state index contributed by atoms with van der Waals surface area (Å²) in [6.07, 6.45) is 5.96. The van der Waals surface area contributed by atoms with E-state index in [0.29, 0.717) is 5.69 Å². The van der Waals surface area contributed by atoms with Crippen LogP contribution in [0.5, 0.6) is 0 Å². The molecule has 1 aromatic heterocycles. The van der Waals surface area contributed by atoms with Crippen molar-refractivity contribution in [1.29, 1.82) is 5.26 Å². The van der Waals surface area contributed by atoms with Gasteiger partial charge in [0.15, 0.2) is 0 Å². The Balaban J connectivity index is 2.51. The molecule has 0 amide bonds. The number of nitrogens with two attached hydrogens (primary N) is 1. The third kappa shape index (κ3) is 1.73. The molecule has 2 rings (SSSR count). The fraction of sp³-hybridized carbons (Fsp3) is 0.455. The Morgan fingerprint density at radius 3 is 2.73 bits per heavy atom. The van der Waals surface area contributed by atoms with E-state index in [1.165, 1.54) is 6.07 Å². The average Bonchev–Trinajstić information content (AvgIpc) is 2.74. The minimum atomic E-state index is -0.210. The fourth-order valence-electron chi connectivity index (χ4n) is 2.16. The minimum absolute atomic E-state index is 0.141. The van der Waals surface area contributed by atoms with E-state index in [0.717, 1.165) is 25.7 Å². The lowest BCUT2D eigenvalue weighted by molar-refractivity contribution is 0.502. The van der Waals surface area contributed by atoms with Gasteiger partial charge in [-0.15, -0.1) is 0 Å². The highest BCUT2D eigenvalue weighted by Crippen LogP contribution is 2.28. The largest absolute Gasteiger partial charge is 0.398 e. The van der Waals surface area contributed by atoms with E-state index in [1.807, 2.05) is 6.07 Å². The zero-order chi connectivity index (χ0) is 10.8. The van der Waals surface area contributed by atoms with Crippen LogP contribution in [0, 0.1) is 11.3 Å². The number of hydrogen-bond donors (Lipinski definition) is 1. The van der Waals surface area contributed by atoms with Crippen molar-refractivity contribution in [3.05, 3.63) is 28.2 Å². The van der Waals surface area contributed by atoms with Crippen LogP contribution in [-0.4, -0.2) is 4.57 Å². The van der Waals surface area contributed by atoms with E-state index >= 15 is 0 Å². The van der Waals surface area contributed by atoms with Gasteiger partial charge in [-0.1, -0.05) is 12.8 Å². The first-order chi connectivity index (χ1) is 7.22. The lowest BCUT2D eigenvalue weighted by Crippen LogP contribution is -2.25. The summed E-state index contributed by atoms with van der Waals surface area (Å²) in [5.41, 5.74) is 6.08. The zero-order valence-corrected chi connectivity index (χ0v) is 8.44. The molecule has 1 aliphatic carbocycles. The van der Waals surface area contributed by atoms with E-state index in [1.54, 1.807) is 10.8 Å². The van der Waals surface area contributed by atoms with Crippen molar-refractivity contribution in [3.63, 3.8) is 0 Å². The first-order valence-corrected chi connectivity index (χ1v) is 5.14. The molecule has 1 fully saturated rings. The number of nitrogens with zero attached hydrogens (tertiary/aromatic N) is 2. The van der Waals surface area contributed by atoms with E-state index in [2.05, 4.69) is 0 Å². The second-order valence-electron chi connectivity index (χ2n) is 3.95. The maximum Gasteiger partial charge on any atom is 0.268 e. The van der Waals surface area contributed by atoms with Crippen molar-refractivity contribution in [1.82, 2.24) is 4.57 Å². The van der Waals surface area contributed by atoms with Gasteiger partial charge in [0.1, 0.15) is 11.6 Å². The molecule has 0 spiro atoms. The molecule has 4 heteroatoms. The molecule has 1 saturated carbocycles.